The molecule has 2 atom stereocenters. The zero-order valence-corrected chi connectivity index (χ0v) is 17.5. The fourth-order valence-electron chi connectivity index (χ4n) is 3.75. The van der Waals surface area contributed by atoms with E-state index in [1.807, 2.05) is 19.9 Å². The fraction of sp³-hybridized carbons (Fsp3) is 0.476. The molecule has 29 heavy (non-hydrogen) atoms. The Kier molecular flexibility index (Phi) is 5.50. The van der Waals surface area contributed by atoms with Crippen molar-refractivity contribution in [3.8, 4) is 0 Å². The van der Waals surface area contributed by atoms with E-state index in [2.05, 4.69) is 0 Å². The monoisotopic (exact) mass is 418 g/mol. The lowest BCUT2D eigenvalue weighted by Crippen LogP contribution is -2.48. The zero-order valence-electron chi connectivity index (χ0n) is 16.7. The Morgan fingerprint density at radius 1 is 1.14 bits per heavy atom. The molecule has 2 heterocycles. The first-order valence-corrected chi connectivity index (χ1v) is 11.4. The van der Waals surface area contributed by atoms with Crippen LogP contribution in [0.15, 0.2) is 52.0 Å². The van der Waals surface area contributed by atoms with Crippen molar-refractivity contribution in [2.75, 3.05) is 13.1 Å². The molecule has 7 nitrogen and oxygen atoms in total. The molecule has 2 aliphatic rings. The summed E-state index contributed by atoms with van der Waals surface area (Å²) in [5, 5.41) is 0. The third-order valence-electron chi connectivity index (χ3n) is 5.26. The van der Waals surface area contributed by atoms with Crippen molar-refractivity contribution >= 4 is 15.9 Å². The average molecular weight is 419 g/mol. The van der Waals surface area contributed by atoms with E-state index in [0.29, 0.717) is 31.0 Å². The number of hydrogen-bond donors (Lipinski definition) is 0. The van der Waals surface area contributed by atoms with Crippen LogP contribution in [-0.2, 0) is 21.3 Å². The van der Waals surface area contributed by atoms with Gasteiger partial charge in [-0.1, -0.05) is 6.07 Å². The van der Waals surface area contributed by atoms with Crippen molar-refractivity contribution in [1.29, 1.82) is 0 Å². The predicted molar refractivity (Wildman–Crippen MR) is 107 cm³/mol. The van der Waals surface area contributed by atoms with Gasteiger partial charge in [-0.2, -0.15) is 4.31 Å². The van der Waals surface area contributed by atoms with Crippen LogP contribution in [0.3, 0.4) is 0 Å². The largest absolute Gasteiger partial charge is 0.467 e. The van der Waals surface area contributed by atoms with Crippen molar-refractivity contribution in [2.45, 2.75) is 56.4 Å². The molecule has 1 aliphatic heterocycles. The third kappa shape index (κ3) is 4.39. The van der Waals surface area contributed by atoms with Crippen LogP contribution in [0, 0.1) is 0 Å². The summed E-state index contributed by atoms with van der Waals surface area (Å²) in [6.45, 7) is 4.71. The number of sulfonamides is 1. The van der Waals surface area contributed by atoms with Gasteiger partial charge >= 0.3 is 0 Å². The smallest absolute Gasteiger partial charge is 0.254 e. The second kappa shape index (κ2) is 7.93. The molecule has 0 radical (unpaired) electrons. The molecule has 2 unspecified atom stereocenters. The minimum absolute atomic E-state index is 0.137. The van der Waals surface area contributed by atoms with Crippen molar-refractivity contribution in [1.82, 2.24) is 9.21 Å². The molecule has 0 spiro atoms. The van der Waals surface area contributed by atoms with E-state index in [4.69, 9.17) is 9.15 Å². The van der Waals surface area contributed by atoms with Crippen molar-refractivity contribution in [3.63, 3.8) is 0 Å². The van der Waals surface area contributed by atoms with Gasteiger partial charge in [0.1, 0.15) is 5.76 Å². The van der Waals surface area contributed by atoms with E-state index >= 15 is 0 Å². The molecule has 4 rings (SSSR count). The number of ether oxygens (including phenoxy) is 1. The molecule has 0 bridgehead atoms. The number of furan rings is 1. The Hall–Kier alpha value is -2.16. The number of hydrogen-bond acceptors (Lipinski definition) is 5. The third-order valence-corrected chi connectivity index (χ3v) is 7.09. The van der Waals surface area contributed by atoms with Crippen LogP contribution in [0.5, 0.6) is 0 Å². The van der Waals surface area contributed by atoms with Crippen LogP contribution in [0.4, 0.5) is 0 Å². The molecule has 8 heteroatoms. The van der Waals surface area contributed by atoms with Crippen LogP contribution < -0.4 is 0 Å². The molecular weight excluding hydrogens is 392 g/mol. The fourth-order valence-corrected chi connectivity index (χ4v) is 5.39. The van der Waals surface area contributed by atoms with Gasteiger partial charge in [-0.15, -0.1) is 0 Å². The number of nitrogens with zero attached hydrogens (tertiary/aromatic N) is 2. The summed E-state index contributed by atoms with van der Waals surface area (Å²) in [5.41, 5.74) is 0.374. The summed E-state index contributed by atoms with van der Waals surface area (Å²) in [6.07, 6.45) is 3.15. The highest BCUT2D eigenvalue weighted by atomic mass is 32.2. The van der Waals surface area contributed by atoms with E-state index in [9.17, 15) is 13.2 Å². The molecule has 1 aliphatic carbocycles. The maximum Gasteiger partial charge on any atom is 0.254 e. The number of carbonyl (C=O) groups is 1. The molecule has 1 saturated carbocycles. The first kappa shape index (κ1) is 20.1. The second-order valence-corrected chi connectivity index (χ2v) is 9.79. The highest BCUT2D eigenvalue weighted by Crippen LogP contribution is 2.30. The average Bonchev–Trinajstić information content (AvgIpc) is 3.40. The number of morpholine rings is 1. The van der Waals surface area contributed by atoms with Crippen LogP contribution in [-0.4, -0.2) is 54.9 Å². The Morgan fingerprint density at radius 3 is 2.48 bits per heavy atom. The van der Waals surface area contributed by atoms with Gasteiger partial charge in [-0.3, -0.25) is 4.79 Å². The van der Waals surface area contributed by atoms with Crippen LogP contribution in [0.1, 0.15) is 42.8 Å². The summed E-state index contributed by atoms with van der Waals surface area (Å²) in [5.74, 6) is 0.537. The number of amides is 1. The van der Waals surface area contributed by atoms with Gasteiger partial charge in [0.05, 0.1) is 29.9 Å². The lowest BCUT2D eigenvalue weighted by molar-refractivity contribution is -0.0440. The van der Waals surface area contributed by atoms with Crippen molar-refractivity contribution < 1.29 is 22.4 Å². The Labute approximate surface area is 171 Å². The van der Waals surface area contributed by atoms with Gasteiger partial charge in [-0.25, -0.2) is 8.42 Å². The summed E-state index contributed by atoms with van der Waals surface area (Å²) in [4.78, 5) is 15.1. The van der Waals surface area contributed by atoms with Gasteiger partial charge in [0.2, 0.25) is 10.0 Å². The lowest BCUT2D eigenvalue weighted by Gasteiger charge is -2.34. The van der Waals surface area contributed by atoms with Gasteiger partial charge in [-0.05, 0) is 57.0 Å². The summed E-state index contributed by atoms with van der Waals surface area (Å²) in [7, 11) is -3.70. The Morgan fingerprint density at radius 2 is 1.86 bits per heavy atom. The van der Waals surface area contributed by atoms with Crippen molar-refractivity contribution in [2.24, 2.45) is 0 Å². The summed E-state index contributed by atoms with van der Waals surface area (Å²) >= 11 is 0. The van der Waals surface area contributed by atoms with Gasteiger partial charge in [0.15, 0.2) is 0 Å². The standard InChI is InChI=1S/C21H26N2O5S/c1-15-12-22(13-16(2)28-15)29(25,26)20-7-3-5-17(11-20)21(24)23(18-8-9-18)14-19-6-4-10-27-19/h3-7,10-11,15-16,18H,8-9,12-14H2,1-2H3. The first-order chi connectivity index (χ1) is 13.8. The van der Waals surface area contributed by atoms with Crippen LogP contribution >= 0.6 is 0 Å². The number of benzene rings is 1. The first-order valence-electron chi connectivity index (χ1n) is 9.93. The molecular formula is C21H26N2O5S. The van der Waals surface area contributed by atoms with Gasteiger partial charge in [0, 0.05) is 24.7 Å². The molecule has 2 aromatic rings. The van der Waals surface area contributed by atoms with Gasteiger partial charge < -0.3 is 14.1 Å². The topological polar surface area (TPSA) is 80.1 Å². The lowest BCUT2D eigenvalue weighted by atomic mass is 10.2. The Bertz CT molecular complexity index is 959. The van der Waals surface area contributed by atoms with Crippen LogP contribution in [0.25, 0.3) is 0 Å². The molecule has 156 valence electrons. The van der Waals surface area contributed by atoms with E-state index in [1.54, 1.807) is 35.4 Å². The molecule has 1 saturated heterocycles. The van der Waals surface area contributed by atoms with E-state index in [-0.39, 0.29) is 29.1 Å². The quantitative estimate of drug-likeness (QED) is 0.721. The summed E-state index contributed by atoms with van der Waals surface area (Å²) < 4.78 is 38.8. The predicted octanol–water partition coefficient (Wildman–Crippen LogP) is 2.88. The second-order valence-electron chi connectivity index (χ2n) is 7.85. The van der Waals surface area contributed by atoms with Crippen LogP contribution in [0.2, 0.25) is 0 Å². The maximum absolute atomic E-state index is 13.2. The van der Waals surface area contributed by atoms with Crippen molar-refractivity contribution in [3.05, 3.63) is 54.0 Å². The number of rotatable bonds is 6. The van der Waals surface area contributed by atoms with E-state index < -0.39 is 10.0 Å². The SMILES string of the molecule is CC1CN(S(=O)(=O)c2cccc(C(=O)N(Cc3ccco3)C3CC3)c2)CC(C)O1. The van der Waals surface area contributed by atoms with Gasteiger partial charge in [0.25, 0.3) is 5.91 Å². The molecule has 2 fully saturated rings. The maximum atomic E-state index is 13.2. The highest BCUT2D eigenvalue weighted by molar-refractivity contribution is 7.89. The van der Waals surface area contributed by atoms with E-state index in [0.717, 1.165) is 12.8 Å². The minimum atomic E-state index is -3.70. The van der Waals surface area contributed by atoms with E-state index in [1.165, 1.54) is 10.4 Å². The Balaban J connectivity index is 1.58. The zero-order chi connectivity index (χ0) is 20.6. The summed E-state index contributed by atoms with van der Waals surface area (Å²) in [6, 6.07) is 10.1. The molecule has 1 aromatic carbocycles. The molecule has 0 N–H and O–H groups in total. The normalized spacial score (nSPS) is 23.1. The molecule has 1 aromatic heterocycles. The minimum Gasteiger partial charge on any atom is -0.467 e. The molecule has 1 amide bonds. The highest BCUT2D eigenvalue weighted by Gasteiger charge is 2.35. The number of carbonyl (C=O) groups excluding carboxylic acids is 1.